The molecule has 0 heterocycles. The van der Waals surface area contributed by atoms with Crippen molar-refractivity contribution in [3.63, 3.8) is 0 Å². The first kappa shape index (κ1) is 18.1. The first-order valence-electron chi connectivity index (χ1n) is 7.66. The maximum absolute atomic E-state index is 6.02. The molecule has 0 spiro atoms. The molecular weight excluding hydrogens is 244 g/mol. The van der Waals surface area contributed by atoms with Crippen LogP contribution in [0, 0.1) is 0 Å². The molecule has 0 aromatic carbocycles. The zero-order valence-corrected chi connectivity index (χ0v) is 13.8. The van der Waals surface area contributed by atoms with Gasteiger partial charge in [0.2, 0.25) is 0 Å². The Labute approximate surface area is 115 Å². The van der Waals surface area contributed by atoms with Crippen molar-refractivity contribution in [2.24, 2.45) is 0 Å². The Morgan fingerprint density at radius 1 is 0.611 bits per heavy atom. The largest absolute Gasteiger partial charge is 0.500 e. The quantitative estimate of drug-likeness (QED) is 0.369. The predicted octanol–water partition coefficient (Wildman–Crippen LogP) is 4.40. The van der Waals surface area contributed by atoms with E-state index >= 15 is 0 Å². The van der Waals surface area contributed by atoms with Crippen molar-refractivity contribution >= 4 is 8.80 Å². The number of hydrogen-bond acceptors (Lipinski definition) is 3. The van der Waals surface area contributed by atoms with Crippen LogP contribution in [-0.2, 0) is 13.3 Å². The van der Waals surface area contributed by atoms with Crippen LogP contribution in [0.4, 0.5) is 0 Å². The van der Waals surface area contributed by atoms with E-state index < -0.39 is 8.80 Å². The second-order valence-corrected chi connectivity index (χ2v) is 7.42. The van der Waals surface area contributed by atoms with Gasteiger partial charge in [0.25, 0.3) is 0 Å². The van der Waals surface area contributed by atoms with Crippen molar-refractivity contribution in [1.29, 1.82) is 0 Å². The minimum absolute atomic E-state index is 0.756. The molecule has 0 unspecified atom stereocenters. The van der Waals surface area contributed by atoms with E-state index in [2.05, 4.69) is 27.7 Å². The Morgan fingerprint density at radius 3 is 1.39 bits per heavy atom. The van der Waals surface area contributed by atoms with Gasteiger partial charge in [0.05, 0.1) is 0 Å². The van der Waals surface area contributed by atoms with E-state index in [-0.39, 0.29) is 0 Å². The van der Waals surface area contributed by atoms with Crippen molar-refractivity contribution < 1.29 is 13.3 Å². The fraction of sp³-hybridized carbons (Fsp3) is 1.00. The lowest BCUT2D eigenvalue weighted by atomic mass is 10.3. The highest BCUT2D eigenvalue weighted by atomic mass is 28.4. The molecule has 0 N–H and O–H groups in total. The zero-order valence-electron chi connectivity index (χ0n) is 12.8. The third kappa shape index (κ3) is 8.24. The van der Waals surface area contributed by atoms with Crippen LogP contribution in [0.25, 0.3) is 0 Å². The van der Waals surface area contributed by atoms with E-state index in [4.69, 9.17) is 13.3 Å². The Bertz CT molecular complexity index is 155. The van der Waals surface area contributed by atoms with Gasteiger partial charge in [-0.05, 0) is 25.7 Å². The van der Waals surface area contributed by atoms with Gasteiger partial charge in [-0.2, -0.15) is 0 Å². The molecule has 0 aromatic rings. The summed E-state index contributed by atoms with van der Waals surface area (Å²) in [6.07, 6.45) is 6.67. The van der Waals surface area contributed by atoms with Crippen molar-refractivity contribution in [2.75, 3.05) is 19.8 Å². The van der Waals surface area contributed by atoms with E-state index in [1.807, 2.05) is 0 Å². The first-order chi connectivity index (χ1) is 8.74. The molecule has 0 rings (SSSR count). The van der Waals surface area contributed by atoms with E-state index in [1.165, 1.54) is 12.8 Å². The van der Waals surface area contributed by atoms with E-state index in [0.717, 1.165) is 51.5 Å². The van der Waals surface area contributed by atoms with Gasteiger partial charge >= 0.3 is 8.80 Å². The molecule has 0 amide bonds. The van der Waals surface area contributed by atoms with Gasteiger partial charge in [0, 0.05) is 25.9 Å². The highest BCUT2D eigenvalue weighted by Gasteiger charge is 2.40. The van der Waals surface area contributed by atoms with Gasteiger partial charge in [0.15, 0.2) is 0 Å². The summed E-state index contributed by atoms with van der Waals surface area (Å²) in [7, 11) is -2.40. The molecule has 110 valence electrons. The Morgan fingerprint density at radius 2 is 1.06 bits per heavy atom. The molecule has 0 saturated carbocycles. The lowest BCUT2D eigenvalue weighted by molar-refractivity contribution is 0.0586. The Balaban J connectivity index is 4.41. The third-order valence-electron chi connectivity index (χ3n) is 2.66. The van der Waals surface area contributed by atoms with Crippen LogP contribution in [0.15, 0.2) is 0 Å². The average Bonchev–Trinajstić information content (AvgIpc) is 2.40. The standard InChI is InChI=1S/C14H32O3Si/c1-5-9-10-14-18(15-11-6-2,16-12-7-3)17-13-8-4/h5-14H2,1-4H3. The summed E-state index contributed by atoms with van der Waals surface area (Å²) in [4.78, 5) is 0. The summed E-state index contributed by atoms with van der Waals surface area (Å²) in [5.74, 6) is 0. The molecule has 4 heteroatoms. The van der Waals surface area contributed by atoms with Gasteiger partial charge < -0.3 is 13.3 Å². The predicted molar refractivity (Wildman–Crippen MR) is 78.8 cm³/mol. The smallest absolute Gasteiger partial charge is 0.373 e. The summed E-state index contributed by atoms with van der Waals surface area (Å²) in [5, 5.41) is 0. The van der Waals surface area contributed by atoms with Crippen molar-refractivity contribution in [1.82, 2.24) is 0 Å². The first-order valence-corrected chi connectivity index (χ1v) is 9.59. The molecular formula is C14H32O3Si. The monoisotopic (exact) mass is 276 g/mol. The fourth-order valence-corrected chi connectivity index (χ4v) is 4.62. The van der Waals surface area contributed by atoms with Gasteiger partial charge in [0.1, 0.15) is 0 Å². The molecule has 0 aliphatic heterocycles. The maximum atomic E-state index is 6.02. The van der Waals surface area contributed by atoms with E-state index in [0.29, 0.717) is 0 Å². The van der Waals surface area contributed by atoms with Gasteiger partial charge in [-0.3, -0.25) is 0 Å². The van der Waals surface area contributed by atoms with Crippen LogP contribution in [0.3, 0.4) is 0 Å². The normalized spacial score (nSPS) is 12.0. The molecule has 0 atom stereocenters. The lowest BCUT2D eigenvalue weighted by Gasteiger charge is -2.29. The Hall–Kier alpha value is 0.0969. The fourth-order valence-electron chi connectivity index (χ4n) is 1.71. The molecule has 3 nitrogen and oxygen atoms in total. The average molecular weight is 276 g/mol. The number of unbranched alkanes of at least 4 members (excludes halogenated alkanes) is 2. The number of hydrogen-bond donors (Lipinski definition) is 0. The molecule has 18 heavy (non-hydrogen) atoms. The van der Waals surface area contributed by atoms with Crippen LogP contribution in [0.2, 0.25) is 6.04 Å². The van der Waals surface area contributed by atoms with Crippen LogP contribution >= 0.6 is 0 Å². The topological polar surface area (TPSA) is 27.7 Å². The summed E-state index contributed by atoms with van der Waals surface area (Å²) in [5.41, 5.74) is 0. The van der Waals surface area contributed by atoms with E-state index in [1.54, 1.807) is 0 Å². The molecule has 0 aliphatic rings. The highest BCUT2D eigenvalue weighted by Crippen LogP contribution is 2.21. The van der Waals surface area contributed by atoms with Gasteiger partial charge in [-0.1, -0.05) is 40.5 Å². The SMILES string of the molecule is CCCCC[Si](OCCC)(OCCC)OCCC. The minimum Gasteiger partial charge on any atom is -0.373 e. The van der Waals surface area contributed by atoms with Gasteiger partial charge in [-0.25, -0.2) is 0 Å². The third-order valence-corrected chi connectivity index (χ3v) is 5.56. The molecule has 0 bridgehead atoms. The second-order valence-electron chi connectivity index (χ2n) is 4.69. The Kier molecular flexibility index (Phi) is 12.2. The van der Waals surface area contributed by atoms with Gasteiger partial charge in [-0.15, -0.1) is 0 Å². The van der Waals surface area contributed by atoms with Crippen LogP contribution in [0.5, 0.6) is 0 Å². The molecule has 0 fully saturated rings. The summed E-state index contributed by atoms with van der Waals surface area (Å²) < 4.78 is 18.1. The van der Waals surface area contributed by atoms with E-state index in [9.17, 15) is 0 Å². The van der Waals surface area contributed by atoms with Crippen LogP contribution < -0.4 is 0 Å². The molecule has 0 aromatic heterocycles. The molecule has 0 saturated heterocycles. The maximum Gasteiger partial charge on any atom is 0.500 e. The second kappa shape index (κ2) is 12.1. The van der Waals surface area contributed by atoms with Crippen molar-refractivity contribution in [2.45, 2.75) is 72.3 Å². The van der Waals surface area contributed by atoms with Crippen molar-refractivity contribution in [3.05, 3.63) is 0 Å². The highest BCUT2D eigenvalue weighted by molar-refractivity contribution is 6.60. The number of rotatable bonds is 13. The lowest BCUT2D eigenvalue weighted by Crippen LogP contribution is -2.46. The molecule has 0 radical (unpaired) electrons. The zero-order chi connectivity index (χ0) is 13.7. The summed E-state index contributed by atoms with van der Waals surface area (Å²) >= 11 is 0. The van der Waals surface area contributed by atoms with Crippen LogP contribution in [-0.4, -0.2) is 28.6 Å². The summed E-state index contributed by atoms with van der Waals surface area (Å²) in [6, 6.07) is 0.973. The summed E-state index contributed by atoms with van der Waals surface area (Å²) in [6.45, 7) is 10.9. The van der Waals surface area contributed by atoms with Crippen molar-refractivity contribution in [3.8, 4) is 0 Å². The molecule has 0 aliphatic carbocycles. The van der Waals surface area contributed by atoms with Crippen LogP contribution in [0.1, 0.15) is 66.2 Å². The minimum atomic E-state index is -2.40.